The summed E-state index contributed by atoms with van der Waals surface area (Å²) in [5, 5.41) is 25.3. The van der Waals surface area contributed by atoms with Gasteiger partial charge >= 0.3 is 0 Å². The van der Waals surface area contributed by atoms with Crippen LogP contribution in [0.2, 0.25) is 0 Å². The number of sulfone groups is 1. The smallest absolute Gasteiger partial charge is 0.239 e. The quantitative estimate of drug-likeness (QED) is 0.411. The maximum atomic E-state index is 14.5. The first kappa shape index (κ1) is 28.3. The van der Waals surface area contributed by atoms with Gasteiger partial charge in [0.1, 0.15) is 15.6 Å². The molecular formula is C24H26FN7O5S2. The molecule has 1 aliphatic heterocycles. The number of amides is 1. The number of hydrogen-bond acceptors (Lipinski definition) is 9. The number of nitrogens with zero attached hydrogens (tertiary/aromatic N) is 6. The summed E-state index contributed by atoms with van der Waals surface area (Å²) in [6.45, 7) is 2.22. The molecule has 3 aromatic rings. The average Bonchev–Trinajstić information content (AvgIpc) is 3.31. The standard InChI is InChI=1S/C24H26FN7O5S2/c1-16-28-30-32(29-16)15-19-13-17(14-26)5-6-18(19)7-8-23(33)31-11-9-20(10-12-31)38(34,35)24-21(25)3-2-4-22(24)39(27,36)37/h2-6,13,20H,7-12,15H2,1H3,(H2,27,36,37). The van der Waals surface area contributed by atoms with Crippen LogP contribution in [-0.2, 0) is 37.6 Å². The van der Waals surface area contributed by atoms with E-state index in [0.29, 0.717) is 17.8 Å². The number of likely N-dealkylation sites (tertiary alicyclic amines) is 1. The lowest BCUT2D eigenvalue weighted by Gasteiger charge is -2.32. The van der Waals surface area contributed by atoms with E-state index in [9.17, 15) is 31.3 Å². The average molecular weight is 576 g/mol. The molecule has 2 heterocycles. The third-order valence-corrected chi connectivity index (χ3v) is 9.98. The molecular weight excluding hydrogens is 549 g/mol. The summed E-state index contributed by atoms with van der Waals surface area (Å²) in [4.78, 5) is 14.2. The van der Waals surface area contributed by atoms with E-state index in [1.54, 1.807) is 30.0 Å². The summed E-state index contributed by atoms with van der Waals surface area (Å²) in [7, 11) is -8.85. The molecule has 1 aliphatic rings. The van der Waals surface area contributed by atoms with Gasteiger partial charge in [0.2, 0.25) is 15.9 Å². The van der Waals surface area contributed by atoms with Crippen molar-refractivity contribution in [2.24, 2.45) is 5.14 Å². The second kappa shape index (κ2) is 11.2. The van der Waals surface area contributed by atoms with Gasteiger partial charge in [-0.05, 0) is 66.8 Å². The molecule has 0 aliphatic carbocycles. The van der Waals surface area contributed by atoms with Gasteiger partial charge < -0.3 is 4.90 Å². The van der Waals surface area contributed by atoms with Crippen LogP contribution in [0.3, 0.4) is 0 Å². The molecule has 2 N–H and O–H groups in total. The minimum absolute atomic E-state index is 0.0197. The van der Waals surface area contributed by atoms with Crippen molar-refractivity contribution in [1.29, 1.82) is 5.26 Å². The maximum Gasteiger partial charge on any atom is 0.239 e. The third-order valence-electron chi connectivity index (χ3n) is 6.56. The van der Waals surface area contributed by atoms with Crippen molar-refractivity contribution in [3.63, 3.8) is 0 Å². The topological polar surface area (TPSA) is 182 Å². The van der Waals surface area contributed by atoms with Crippen LogP contribution >= 0.6 is 0 Å². The Morgan fingerprint density at radius 1 is 1.15 bits per heavy atom. The molecule has 39 heavy (non-hydrogen) atoms. The van der Waals surface area contributed by atoms with Gasteiger partial charge in [0, 0.05) is 19.5 Å². The van der Waals surface area contributed by atoms with E-state index in [0.717, 1.165) is 29.3 Å². The number of piperidine rings is 1. The molecule has 1 amide bonds. The number of aryl methyl sites for hydroxylation is 2. The van der Waals surface area contributed by atoms with E-state index in [-0.39, 0.29) is 44.8 Å². The molecule has 0 saturated carbocycles. The summed E-state index contributed by atoms with van der Waals surface area (Å²) in [5.41, 5.74) is 2.07. The molecule has 12 nitrogen and oxygen atoms in total. The van der Waals surface area contributed by atoms with Gasteiger partial charge in [-0.25, -0.2) is 26.4 Å². The van der Waals surface area contributed by atoms with Crippen LogP contribution < -0.4 is 5.14 Å². The Morgan fingerprint density at radius 3 is 2.49 bits per heavy atom. The first-order valence-corrected chi connectivity index (χ1v) is 15.1. The number of nitriles is 1. The van der Waals surface area contributed by atoms with Crippen LogP contribution in [0.5, 0.6) is 0 Å². The van der Waals surface area contributed by atoms with Crippen molar-refractivity contribution in [3.8, 4) is 6.07 Å². The summed E-state index contributed by atoms with van der Waals surface area (Å²) in [6, 6.07) is 10.2. The number of nitrogens with two attached hydrogens (primary N) is 1. The number of sulfonamides is 1. The fourth-order valence-corrected chi connectivity index (χ4v) is 7.77. The highest BCUT2D eigenvalue weighted by Gasteiger charge is 2.37. The Kier molecular flexibility index (Phi) is 8.09. The molecule has 1 fully saturated rings. The van der Waals surface area contributed by atoms with Crippen molar-refractivity contribution >= 4 is 25.8 Å². The molecule has 206 valence electrons. The molecule has 0 unspecified atom stereocenters. The number of halogens is 1. The zero-order chi connectivity index (χ0) is 28.4. The summed E-state index contributed by atoms with van der Waals surface area (Å²) >= 11 is 0. The molecule has 15 heteroatoms. The summed E-state index contributed by atoms with van der Waals surface area (Å²) in [6.07, 6.45) is 0.555. The van der Waals surface area contributed by atoms with Crippen LogP contribution in [0.15, 0.2) is 46.2 Å². The van der Waals surface area contributed by atoms with Gasteiger partial charge in [-0.3, -0.25) is 4.79 Å². The van der Waals surface area contributed by atoms with E-state index in [1.165, 1.54) is 4.80 Å². The summed E-state index contributed by atoms with van der Waals surface area (Å²) in [5.74, 6) is -0.869. The number of carbonyl (C=O) groups excluding carboxylic acids is 1. The highest BCUT2D eigenvalue weighted by molar-refractivity contribution is 7.94. The fourth-order valence-electron chi connectivity index (χ4n) is 4.60. The Bertz CT molecular complexity index is 1660. The zero-order valence-corrected chi connectivity index (χ0v) is 22.6. The second-order valence-corrected chi connectivity index (χ2v) is 12.9. The predicted molar refractivity (Wildman–Crippen MR) is 136 cm³/mol. The van der Waals surface area contributed by atoms with Gasteiger partial charge in [0.05, 0.1) is 23.4 Å². The molecule has 4 rings (SSSR count). The Balaban J connectivity index is 1.42. The fraction of sp³-hybridized carbons (Fsp3) is 0.375. The van der Waals surface area contributed by atoms with Crippen molar-refractivity contribution in [2.75, 3.05) is 13.1 Å². The molecule has 0 spiro atoms. The van der Waals surface area contributed by atoms with Gasteiger partial charge in [0.15, 0.2) is 15.7 Å². The number of hydrogen-bond donors (Lipinski definition) is 1. The van der Waals surface area contributed by atoms with Gasteiger partial charge in [0.25, 0.3) is 0 Å². The van der Waals surface area contributed by atoms with Crippen LogP contribution in [0.4, 0.5) is 4.39 Å². The van der Waals surface area contributed by atoms with Crippen LogP contribution in [0, 0.1) is 24.1 Å². The first-order valence-electron chi connectivity index (χ1n) is 12.0. The predicted octanol–water partition coefficient (Wildman–Crippen LogP) is 1.09. The Labute approximate surface area is 225 Å². The van der Waals surface area contributed by atoms with Crippen molar-refractivity contribution < 1.29 is 26.0 Å². The molecule has 1 aromatic heterocycles. The number of tetrazole rings is 1. The van der Waals surface area contributed by atoms with E-state index >= 15 is 0 Å². The maximum absolute atomic E-state index is 14.5. The highest BCUT2D eigenvalue weighted by Crippen LogP contribution is 2.31. The lowest BCUT2D eigenvalue weighted by Crippen LogP contribution is -2.43. The lowest BCUT2D eigenvalue weighted by atomic mass is 9.99. The third kappa shape index (κ3) is 6.29. The van der Waals surface area contributed by atoms with E-state index in [1.807, 2.05) is 0 Å². The molecule has 2 aromatic carbocycles. The zero-order valence-electron chi connectivity index (χ0n) is 21.0. The number of primary sulfonamides is 1. The largest absolute Gasteiger partial charge is 0.343 e. The van der Waals surface area contributed by atoms with E-state index in [2.05, 4.69) is 21.5 Å². The monoisotopic (exact) mass is 575 g/mol. The molecule has 1 saturated heterocycles. The van der Waals surface area contributed by atoms with Gasteiger partial charge in [-0.15, -0.1) is 10.2 Å². The normalized spacial score (nSPS) is 14.8. The van der Waals surface area contributed by atoms with Gasteiger partial charge in [-0.1, -0.05) is 12.1 Å². The van der Waals surface area contributed by atoms with Crippen LogP contribution in [0.25, 0.3) is 0 Å². The van der Waals surface area contributed by atoms with Crippen LogP contribution in [0.1, 0.15) is 41.8 Å². The van der Waals surface area contributed by atoms with Crippen molar-refractivity contribution in [1.82, 2.24) is 25.1 Å². The minimum Gasteiger partial charge on any atom is -0.343 e. The number of carbonyl (C=O) groups is 1. The minimum atomic E-state index is -4.48. The van der Waals surface area contributed by atoms with Crippen LogP contribution in [-0.4, -0.2) is 66.2 Å². The Hall–Kier alpha value is -3.74. The van der Waals surface area contributed by atoms with Crippen molar-refractivity contribution in [3.05, 3.63) is 64.7 Å². The number of benzene rings is 2. The SMILES string of the molecule is Cc1nnn(Cc2cc(C#N)ccc2CCC(=O)N2CCC(S(=O)(=O)c3c(F)cccc3S(N)(=O)=O)CC2)n1. The first-order chi connectivity index (χ1) is 18.4. The molecule has 0 radical (unpaired) electrons. The number of rotatable bonds is 8. The highest BCUT2D eigenvalue weighted by atomic mass is 32.2. The number of aromatic nitrogens is 4. The Morgan fingerprint density at radius 2 is 1.87 bits per heavy atom. The molecule has 0 bridgehead atoms. The molecule has 0 atom stereocenters. The lowest BCUT2D eigenvalue weighted by molar-refractivity contribution is -0.132. The van der Waals surface area contributed by atoms with E-state index in [4.69, 9.17) is 5.14 Å². The van der Waals surface area contributed by atoms with E-state index < -0.39 is 40.7 Å². The van der Waals surface area contributed by atoms with Gasteiger partial charge in [-0.2, -0.15) is 10.1 Å². The second-order valence-electron chi connectivity index (χ2n) is 9.20. The van der Waals surface area contributed by atoms with Crippen molar-refractivity contribution in [2.45, 2.75) is 54.2 Å². The summed E-state index contributed by atoms with van der Waals surface area (Å²) < 4.78 is 64.7.